The lowest BCUT2D eigenvalue weighted by Gasteiger charge is -2.30. The van der Waals surface area contributed by atoms with Gasteiger partial charge in [0.1, 0.15) is 4.21 Å². The van der Waals surface area contributed by atoms with Crippen LogP contribution in [0.5, 0.6) is 0 Å². The van der Waals surface area contributed by atoms with Crippen molar-refractivity contribution in [3.8, 4) is 0 Å². The standard InChI is InChI=1S/C17H17ClF2N2O3S3/c18-12-3-1-4-13(15(12)27-17(19)20)21-16(23)11-6-8-22(9-7-11)28(24,25)14-5-2-10-26-14/h1-5,10-11,17H,6-9H2,(H,21,23). The molecule has 3 rings (SSSR count). The predicted octanol–water partition coefficient (Wildman–Crippen LogP) is 4.76. The Bertz CT molecular complexity index is 931. The van der Waals surface area contributed by atoms with Crippen molar-refractivity contribution in [2.75, 3.05) is 18.4 Å². The number of hydrogen-bond donors (Lipinski definition) is 1. The number of thiophene rings is 1. The van der Waals surface area contributed by atoms with Gasteiger partial charge in [-0.15, -0.1) is 11.3 Å². The Labute approximate surface area is 175 Å². The molecule has 2 heterocycles. The normalized spacial score (nSPS) is 16.4. The van der Waals surface area contributed by atoms with Crippen molar-refractivity contribution >= 4 is 56.3 Å². The number of amides is 1. The summed E-state index contributed by atoms with van der Waals surface area (Å²) in [7, 11) is -3.54. The number of sulfonamides is 1. The number of hydrogen-bond acceptors (Lipinski definition) is 5. The van der Waals surface area contributed by atoms with Crippen molar-refractivity contribution in [3.05, 3.63) is 40.7 Å². The van der Waals surface area contributed by atoms with Crippen LogP contribution in [0.4, 0.5) is 14.5 Å². The van der Waals surface area contributed by atoms with Crippen LogP contribution in [0.15, 0.2) is 44.8 Å². The monoisotopic (exact) mass is 466 g/mol. The Morgan fingerprint density at radius 2 is 1.96 bits per heavy atom. The first-order chi connectivity index (χ1) is 13.3. The molecule has 0 spiro atoms. The summed E-state index contributed by atoms with van der Waals surface area (Å²) in [6, 6.07) is 7.81. The van der Waals surface area contributed by atoms with Gasteiger partial charge in [-0.3, -0.25) is 4.79 Å². The average molecular weight is 467 g/mol. The molecule has 1 aliphatic rings. The number of nitrogens with zero attached hydrogens (tertiary/aromatic N) is 1. The molecule has 1 amide bonds. The fourth-order valence-electron chi connectivity index (χ4n) is 2.95. The van der Waals surface area contributed by atoms with Gasteiger partial charge in [0.05, 0.1) is 15.6 Å². The second-order valence-electron chi connectivity index (χ2n) is 6.09. The van der Waals surface area contributed by atoms with E-state index in [0.29, 0.717) is 12.8 Å². The zero-order valence-corrected chi connectivity index (χ0v) is 17.7. The van der Waals surface area contributed by atoms with E-state index in [-0.39, 0.29) is 50.6 Å². The lowest BCUT2D eigenvalue weighted by Crippen LogP contribution is -2.41. The molecule has 1 saturated heterocycles. The van der Waals surface area contributed by atoms with Crippen LogP contribution in [0.2, 0.25) is 5.02 Å². The van der Waals surface area contributed by atoms with Gasteiger partial charge < -0.3 is 5.32 Å². The minimum Gasteiger partial charge on any atom is -0.325 e. The third-order valence-electron chi connectivity index (χ3n) is 4.35. The highest BCUT2D eigenvalue weighted by atomic mass is 35.5. The fraction of sp³-hybridized carbons (Fsp3) is 0.353. The van der Waals surface area contributed by atoms with Crippen LogP contribution >= 0.6 is 34.7 Å². The van der Waals surface area contributed by atoms with E-state index in [1.54, 1.807) is 23.6 Å². The first-order valence-corrected chi connectivity index (χ1v) is 11.9. The number of rotatable bonds is 6. The molecule has 5 nitrogen and oxygen atoms in total. The Morgan fingerprint density at radius 3 is 2.57 bits per heavy atom. The molecule has 1 aromatic carbocycles. The summed E-state index contributed by atoms with van der Waals surface area (Å²) < 4.78 is 52.3. The highest BCUT2D eigenvalue weighted by Crippen LogP contribution is 2.38. The number of piperidine rings is 1. The molecule has 1 fully saturated rings. The largest absolute Gasteiger partial charge is 0.325 e. The van der Waals surface area contributed by atoms with E-state index >= 15 is 0 Å². The molecule has 2 aromatic rings. The number of benzene rings is 1. The molecule has 0 bridgehead atoms. The van der Waals surface area contributed by atoms with E-state index in [2.05, 4.69) is 5.32 Å². The summed E-state index contributed by atoms with van der Waals surface area (Å²) in [5.74, 6) is -3.40. The van der Waals surface area contributed by atoms with Crippen molar-refractivity contribution in [2.24, 2.45) is 5.92 Å². The Balaban J connectivity index is 1.64. The average Bonchev–Trinajstić information content (AvgIpc) is 3.20. The smallest absolute Gasteiger partial charge is 0.289 e. The van der Waals surface area contributed by atoms with Gasteiger partial charge in [0, 0.05) is 19.0 Å². The maximum absolute atomic E-state index is 12.8. The van der Waals surface area contributed by atoms with Gasteiger partial charge in [-0.05, 0) is 36.4 Å². The van der Waals surface area contributed by atoms with Crippen LogP contribution in [-0.2, 0) is 14.8 Å². The van der Waals surface area contributed by atoms with Gasteiger partial charge in [-0.1, -0.05) is 35.5 Å². The second kappa shape index (κ2) is 9.08. The number of nitrogens with one attached hydrogen (secondary N) is 1. The molecule has 0 saturated carbocycles. The molecule has 1 aliphatic heterocycles. The quantitative estimate of drug-likeness (QED) is 0.623. The molecule has 0 radical (unpaired) electrons. The molecule has 152 valence electrons. The Kier molecular flexibility index (Phi) is 6.98. The second-order valence-corrected chi connectivity index (χ2v) is 10.6. The predicted molar refractivity (Wildman–Crippen MR) is 108 cm³/mol. The van der Waals surface area contributed by atoms with Gasteiger partial charge in [-0.2, -0.15) is 13.1 Å². The SMILES string of the molecule is O=C(Nc1cccc(Cl)c1SC(F)F)C1CCN(S(=O)(=O)c2cccs2)CC1. The Hall–Kier alpha value is -1.20. The molecular formula is C17H17ClF2N2O3S3. The van der Waals surface area contributed by atoms with Crippen molar-refractivity contribution < 1.29 is 22.0 Å². The summed E-state index contributed by atoms with van der Waals surface area (Å²) in [6.07, 6.45) is 0.711. The van der Waals surface area contributed by atoms with Crippen LogP contribution in [0, 0.1) is 5.92 Å². The first-order valence-electron chi connectivity index (χ1n) is 8.37. The lowest BCUT2D eigenvalue weighted by atomic mass is 9.97. The van der Waals surface area contributed by atoms with Crippen molar-refractivity contribution in [1.29, 1.82) is 0 Å². The lowest BCUT2D eigenvalue weighted by molar-refractivity contribution is -0.120. The van der Waals surface area contributed by atoms with E-state index in [1.165, 1.54) is 16.4 Å². The molecule has 0 unspecified atom stereocenters. The van der Waals surface area contributed by atoms with E-state index in [9.17, 15) is 22.0 Å². The van der Waals surface area contributed by atoms with Gasteiger partial charge in [0.2, 0.25) is 5.91 Å². The van der Waals surface area contributed by atoms with E-state index in [0.717, 1.165) is 11.3 Å². The number of carbonyl (C=O) groups is 1. The van der Waals surface area contributed by atoms with Crippen LogP contribution < -0.4 is 5.32 Å². The summed E-state index contributed by atoms with van der Waals surface area (Å²) >= 11 is 7.41. The summed E-state index contributed by atoms with van der Waals surface area (Å²) in [4.78, 5) is 12.7. The van der Waals surface area contributed by atoms with E-state index in [4.69, 9.17) is 11.6 Å². The zero-order valence-electron chi connectivity index (χ0n) is 14.5. The summed E-state index contributed by atoms with van der Waals surface area (Å²) in [5.41, 5.74) is 0.233. The van der Waals surface area contributed by atoms with Crippen molar-refractivity contribution in [3.63, 3.8) is 0 Å². The zero-order chi connectivity index (χ0) is 20.3. The fourth-order valence-corrected chi connectivity index (χ4v) is 6.47. The van der Waals surface area contributed by atoms with Crippen LogP contribution in [0.1, 0.15) is 12.8 Å². The maximum atomic E-state index is 12.8. The van der Waals surface area contributed by atoms with Gasteiger partial charge in [0.25, 0.3) is 15.8 Å². The van der Waals surface area contributed by atoms with Crippen molar-refractivity contribution in [1.82, 2.24) is 4.31 Å². The maximum Gasteiger partial charge on any atom is 0.289 e. The minimum atomic E-state index is -3.54. The molecule has 0 aliphatic carbocycles. The number of halogens is 3. The van der Waals surface area contributed by atoms with Gasteiger partial charge >= 0.3 is 0 Å². The molecule has 1 aromatic heterocycles. The highest BCUT2D eigenvalue weighted by molar-refractivity contribution is 7.99. The topological polar surface area (TPSA) is 66.5 Å². The number of thioether (sulfide) groups is 1. The number of alkyl halides is 2. The number of carbonyl (C=O) groups excluding carboxylic acids is 1. The van der Waals surface area contributed by atoms with E-state index in [1.807, 2.05) is 0 Å². The Morgan fingerprint density at radius 1 is 1.25 bits per heavy atom. The molecule has 28 heavy (non-hydrogen) atoms. The molecular weight excluding hydrogens is 450 g/mol. The van der Waals surface area contributed by atoms with Gasteiger partial charge in [-0.25, -0.2) is 8.42 Å². The van der Waals surface area contributed by atoms with Crippen LogP contribution in [-0.4, -0.2) is 37.5 Å². The summed E-state index contributed by atoms with van der Waals surface area (Å²) in [6.45, 7) is 0.457. The van der Waals surface area contributed by atoms with E-state index < -0.39 is 21.7 Å². The highest BCUT2D eigenvalue weighted by Gasteiger charge is 2.32. The first kappa shape index (κ1) is 21.5. The molecule has 11 heteroatoms. The van der Waals surface area contributed by atoms with Crippen LogP contribution in [0.25, 0.3) is 0 Å². The minimum absolute atomic E-state index is 0.116. The number of anilines is 1. The molecule has 0 atom stereocenters. The third-order valence-corrected chi connectivity index (χ3v) is 8.90. The van der Waals surface area contributed by atoms with Crippen LogP contribution in [0.3, 0.4) is 0 Å². The molecule has 1 N–H and O–H groups in total. The third kappa shape index (κ3) is 4.85. The van der Waals surface area contributed by atoms with Crippen molar-refractivity contribution in [2.45, 2.75) is 27.7 Å². The van der Waals surface area contributed by atoms with Gasteiger partial charge in [0.15, 0.2) is 0 Å². The summed E-state index contributed by atoms with van der Waals surface area (Å²) in [5, 5.41) is 4.50.